The zero-order valence-electron chi connectivity index (χ0n) is 11.6. The Morgan fingerprint density at radius 1 is 1.29 bits per heavy atom. The molecular weight excluding hydrogens is 264 g/mol. The van der Waals surface area contributed by atoms with Gasteiger partial charge in [0.05, 0.1) is 6.04 Å². The molecule has 0 saturated carbocycles. The van der Waals surface area contributed by atoms with Crippen molar-refractivity contribution in [1.29, 1.82) is 0 Å². The molecule has 0 radical (unpaired) electrons. The number of amides is 1. The minimum absolute atomic E-state index is 0.0231. The van der Waals surface area contributed by atoms with Crippen molar-refractivity contribution in [2.45, 2.75) is 18.9 Å². The molecule has 4 heteroatoms. The Morgan fingerprint density at radius 2 is 2.19 bits per heavy atom. The van der Waals surface area contributed by atoms with Crippen molar-refractivity contribution >= 4 is 12.2 Å². The molecular formula is C17H16N2O2. The number of aromatic nitrogens is 1. The second-order valence-electron chi connectivity index (χ2n) is 5.19. The molecule has 0 spiro atoms. The van der Waals surface area contributed by atoms with E-state index in [-0.39, 0.29) is 11.9 Å². The minimum atomic E-state index is -0.0231. The summed E-state index contributed by atoms with van der Waals surface area (Å²) in [5, 5.41) is 0. The molecule has 1 atom stereocenters. The van der Waals surface area contributed by atoms with Gasteiger partial charge in [0.1, 0.15) is 6.29 Å². The third-order valence-corrected chi connectivity index (χ3v) is 3.85. The summed E-state index contributed by atoms with van der Waals surface area (Å²) in [6.07, 6.45) is 6.25. The van der Waals surface area contributed by atoms with Crippen molar-refractivity contribution in [1.82, 2.24) is 9.88 Å². The van der Waals surface area contributed by atoms with E-state index in [9.17, 15) is 9.59 Å². The van der Waals surface area contributed by atoms with Gasteiger partial charge in [-0.2, -0.15) is 0 Å². The molecule has 1 amide bonds. The van der Waals surface area contributed by atoms with E-state index in [2.05, 4.69) is 4.98 Å². The summed E-state index contributed by atoms with van der Waals surface area (Å²) >= 11 is 0. The maximum Gasteiger partial charge on any atom is 0.254 e. The highest BCUT2D eigenvalue weighted by Gasteiger charge is 2.30. The first kappa shape index (κ1) is 13.5. The Labute approximate surface area is 123 Å². The summed E-state index contributed by atoms with van der Waals surface area (Å²) in [6, 6.07) is 10.8. The van der Waals surface area contributed by atoms with E-state index < -0.39 is 0 Å². The zero-order chi connectivity index (χ0) is 14.7. The lowest BCUT2D eigenvalue weighted by Crippen LogP contribution is -2.30. The average Bonchev–Trinajstić information content (AvgIpc) is 3.04. The molecule has 0 aliphatic carbocycles. The Bertz CT molecular complexity index is 655. The summed E-state index contributed by atoms with van der Waals surface area (Å²) in [5.74, 6) is -0.0231. The standard InChI is InChI=1S/C17H16N2O2/c20-12-13-4-1-5-14(10-13)17(21)19-9-3-7-16(19)15-6-2-8-18-11-15/h1-2,4-6,8,10-12,16H,3,7,9H2. The summed E-state index contributed by atoms with van der Waals surface area (Å²) in [6.45, 7) is 0.740. The molecule has 2 aromatic rings. The van der Waals surface area contributed by atoms with Gasteiger partial charge in [0.25, 0.3) is 5.91 Å². The van der Waals surface area contributed by atoms with E-state index in [0.717, 1.165) is 31.2 Å². The van der Waals surface area contributed by atoms with Crippen molar-refractivity contribution in [3.05, 3.63) is 65.5 Å². The molecule has 106 valence electrons. The molecule has 21 heavy (non-hydrogen) atoms. The van der Waals surface area contributed by atoms with Gasteiger partial charge in [0.15, 0.2) is 0 Å². The number of benzene rings is 1. The van der Waals surface area contributed by atoms with E-state index in [1.165, 1.54) is 0 Å². The first-order valence-corrected chi connectivity index (χ1v) is 7.06. The summed E-state index contributed by atoms with van der Waals surface area (Å²) < 4.78 is 0. The molecule has 0 N–H and O–H groups in total. The number of carbonyl (C=O) groups is 2. The van der Waals surface area contributed by atoms with Crippen LogP contribution in [0.2, 0.25) is 0 Å². The Morgan fingerprint density at radius 3 is 2.95 bits per heavy atom. The first-order valence-electron chi connectivity index (χ1n) is 7.06. The van der Waals surface area contributed by atoms with Crippen LogP contribution in [0.4, 0.5) is 0 Å². The first-order chi connectivity index (χ1) is 10.3. The second-order valence-corrected chi connectivity index (χ2v) is 5.19. The highest BCUT2D eigenvalue weighted by Crippen LogP contribution is 2.32. The highest BCUT2D eigenvalue weighted by atomic mass is 16.2. The van der Waals surface area contributed by atoms with Gasteiger partial charge in [0.2, 0.25) is 0 Å². The van der Waals surface area contributed by atoms with Gasteiger partial charge >= 0.3 is 0 Å². The molecule has 1 saturated heterocycles. The van der Waals surface area contributed by atoms with E-state index >= 15 is 0 Å². The smallest absolute Gasteiger partial charge is 0.254 e. The monoisotopic (exact) mass is 280 g/mol. The molecule has 1 unspecified atom stereocenters. The maximum atomic E-state index is 12.7. The summed E-state index contributed by atoms with van der Waals surface area (Å²) in [4.78, 5) is 29.6. The number of likely N-dealkylation sites (tertiary alicyclic amines) is 1. The van der Waals surface area contributed by atoms with Gasteiger partial charge in [-0.3, -0.25) is 14.6 Å². The van der Waals surface area contributed by atoms with Crippen LogP contribution in [0.5, 0.6) is 0 Å². The lowest BCUT2D eigenvalue weighted by molar-refractivity contribution is 0.0735. The van der Waals surface area contributed by atoms with Crippen LogP contribution >= 0.6 is 0 Å². The van der Waals surface area contributed by atoms with Crippen LogP contribution in [0.3, 0.4) is 0 Å². The Hall–Kier alpha value is -2.49. The van der Waals surface area contributed by atoms with Crippen molar-refractivity contribution in [2.75, 3.05) is 6.54 Å². The Balaban J connectivity index is 1.88. The number of pyridine rings is 1. The van der Waals surface area contributed by atoms with E-state index in [1.807, 2.05) is 23.2 Å². The van der Waals surface area contributed by atoms with E-state index in [0.29, 0.717) is 11.1 Å². The van der Waals surface area contributed by atoms with Crippen molar-refractivity contribution < 1.29 is 9.59 Å². The van der Waals surface area contributed by atoms with Gasteiger partial charge < -0.3 is 4.90 Å². The van der Waals surface area contributed by atoms with Crippen LogP contribution in [0, 0.1) is 0 Å². The molecule has 1 aliphatic heterocycles. The SMILES string of the molecule is O=Cc1cccc(C(=O)N2CCCC2c2cccnc2)c1. The molecule has 0 bridgehead atoms. The highest BCUT2D eigenvalue weighted by molar-refractivity contribution is 5.96. The van der Waals surface area contributed by atoms with Crippen LogP contribution in [0.25, 0.3) is 0 Å². The largest absolute Gasteiger partial charge is 0.332 e. The number of carbonyl (C=O) groups excluding carboxylic acids is 2. The van der Waals surface area contributed by atoms with Crippen molar-refractivity contribution in [2.24, 2.45) is 0 Å². The molecule has 1 fully saturated rings. The number of hydrogen-bond donors (Lipinski definition) is 0. The number of rotatable bonds is 3. The molecule has 1 aliphatic rings. The predicted molar refractivity (Wildman–Crippen MR) is 79.1 cm³/mol. The zero-order valence-corrected chi connectivity index (χ0v) is 11.6. The van der Waals surface area contributed by atoms with Gasteiger partial charge in [-0.25, -0.2) is 0 Å². The van der Waals surface area contributed by atoms with Gasteiger partial charge in [-0.15, -0.1) is 0 Å². The van der Waals surface area contributed by atoms with Crippen LogP contribution in [-0.2, 0) is 0 Å². The summed E-state index contributed by atoms with van der Waals surface area (Å²) in [7, 11) is 0. The Kier molecular flexibility index (Phi) is 3.77. The van der Waals surface area contributed by atoms with Crippen LogP contribution in [-0.4, -0.2) is 28.6 Å². The van der Waals surface area contributed by atoms with Crippen molar-refractivity contribution in [3.63, 3.8) is 0 Å². The number of aldehydes is 1. The number of hydrogen-bond acceptors (Lipinski definition) is 3. The normalized spacial score (nSPS) is 17.7. The summed E-state index contributed by atoms with van der Waals surface area (Å²) in [5.41, 5.74) is 2.16. The fraction of sp³-hybridized carbons (Fsp3) is 0.235. The van der Waals surface area contributed by atoms with Gasteiger partial charge in [-0.05, 0) is 36.6 Å². The van der Waals surface area contributed by atoms with Crippen LogP contribution in [0.15, 0.2) is 48.8 Å². The minimum Gasteiger partial charge on any atom is -0.332 e. The van der Waals surface area contributed by atoms with Gasteiger partial charge in [-0.1, -0.05) is 18.2 Å². The van der Waals surface area contributed by atoms with E-state index in [4.69, 9.17) is 0 Å². The maximum absolute atomic E-state index is 12.7. The fourth-order valence-corrected chi connectivity index (χ4v) is 2.84. The molecule has 1 aromatic carbocycles. The fourth-order valence-electron chi connectivity index (χ4n) is 2.84. The third kappa shape index (κ3) is 2.70. The number of nitrogens with zero attached hydrogens (tertiary/aromatic N) is 2. The molecule has 3 rings (SSSR count). The van der Waals surface area contributed by atoms with Crippen LogP contribution in [0.1, 0.15) is 45.2 Å². The van der Waals surface area contributed by atoms with E-state index in [1.54, 1.807) is 30.5 Å². The van der Waals surface area contributed by atoms with Gasteiger partial charge in [0, 0.05) is 30.1 Å². The third-order valence-electron chi connectivity index (χ3n) is 3.85. The topological polar surface area (TPSA) is 50.3 Å². The van der Waals surface area contributed by atoms with Crippen LogP contribution < -0.4 is 0 Å². The lowest BCUT2D eigenvalue weighted by Gasteiger charge is -2.25. The molecule has 2 heterocycles. The lowest BCUT2D eigenvalue weighted by atomic mass is 10.1. The average molecular weight is 280 g/mol. The molecule has 4 nitrogen and oxygen atoms in total. The predicted octanol–water partition coefficient (Wildman–Crippen LogP) is 2.87. The second kappa shape index (κ2) is 5.87. The quantitative estimate of drug-likeness (QED) is 0.812. The molecule has 1 aromatic heterocycles. The van der Waals surface area contributed by atoms with Crippen molar-refractivity contribution in [3.8, 4) is 0 Å².